The first kappa shape index (κ1) is 34.2. The molecule has 0 aromatic heterocycles. The van der Waals surface area contributed by atoms with Crippen LogP contribution in [0, 0.1) is 13.8 Å². The van der Waals surface area contributed by atoms with Crippen LogP contribution in [0.4, 0.5) is 0 Å². The van der Waals surface area contributed by atoms with E-state index in [1.165, 1.54) is 6.92 Å². The molecule has 1 aliphatic rings. The predicted octanol–water partition coefficient (Wildman–Crippen LogP) is 2.94. The number of hydrogen-bond acceptors (Lipinski definition) is 6. The molecule has 244 valence electrons. The third kappa shape index (κ3) is 9.17. The van der Waals surface area contributed by atoms with E-state index in [9.17, 15) is 24.3 Å². The number of benzene rings is 3. The third-order valence-electron chi connectivity index (χ3n) is 8.48. The number of amides is 4. The summed E-state index contributed by atoms with van der Waals surface area (Å²) < 4.78 is 0. The fraction of sp³-hybridized carbons (Fsp3) is 0.389. The lowest BCUT2D eigenvalue weighted by Crippen LogP contribution is -2.56. The molecule has 3 aromatic rings. The highest BCUT2D eigenvalue weighted by Crippen LogP contribution is 2.26. The van der Waals surface area contributed by atoms with Crippen LogP contribution < -0.4 is 21.7 Å². The number of nitrogens with zero attached hydrogens (tertiary/aromatic N) is 1. The van der Waals surface area contributed by atoms with E-state index in [1.807, 2.05) is 68.4 Å². The van der Waals surface area contributed by atoms with E-state index in [1.54, 1.807) is 17.0 Å². The van der Waals surface area contributed by atoms with Gasteiger partial charge in [0, 0.05) is 33.0 Å². The molecule has 0 radical (unpaired) electrons. The molecule has 3 unspecified atom stereocenters. The van der Waals surface area contributed by atoms with Gasteiger partial charge in [-0.05, 0) is 85.0 Å². The second-order valence-corrected chi connectivity index (χ2v) is 12.1. The summed E-state index contributed by atoms with van der Waals surface area (Å²) >= 11 is 0. The van der Waals surface area contributed by atoms with E-state index in [4.69, 9.17) is 5.73 Å². The zero-order valence-electron chi connectivity index (χ0n) is 26.8. The lowest BCUT2D eigenvalue weighted by atomic mass is 9.91. The summed E-state index contributed by atoms with van der Waals surface area (Å²) in [4.78, 5) is 53.4. The van der Waals surface area contributed by atoms with Gasteiger partial charge in [0.15, 0.2) is 0 Å². The summed E-state index contributed by atoms with van der Waals surface area (Å²) in [6.07, 6.45) is 2.27. The first-order valence-electron chi connectivity index (χ1n) is 15.8. The van der Waals surface area contributed by atoms with E-state index < -0.39 is 18.1 Å². The number of unbranched alkanes of at least 4 members (excludes halogenated alkanes) is 1. The Kier molecular flexibility index (Phi) is 11.9. The molecule has 0 bridgehead atoms. The highest BCUT2D eigenvalue weighted by atomic mass is 16.3. The molecule has 0 saturated carbocycles. The van der Waals surface area contributed by atoms with Gasteiger partial charge in [-0.3, -0.25) is 19.2 Å². The largest absolute Gasteiger partial charge is 0.508 e. The van der Waals surface area contributed by atoms with Gasteiger partial charge in [-0.2, -0.15) is 0 Å². The van der Waals surface area contributed by atoms with Crippen molar-refractivity contribution in [3.63, 3.8) is 0 Å². The second kappa shape index (κ2) is 16.0. The van der Waals surface area contributed by atoms with Crippen LogP contribution in [-0.2, 0) is 45.1 Å². The molecule has 3 aromatic carbocycles. The molecule has 0 aliphatic carbocycles. The van der Waals surface area contributed by atoms with Gasteiger partial charge in [-0.1, -0.05) is 54.6 Å². The van der Waals surface area contributed by atoms with E-state index in [2.05, 4.69) is 16.0 Å². The molecule has 10 heteroatoms. The maximum atomic E-state index is 13.8. The average molecular weight is 628 g/mol. The Morgan fingerprint density at radius 1 is 0.935 bits per heavy atom. The van der Waals surface area contributed by atoms with Gasteiger partial charge in [-0.15, -0.1) is 0 Å². The average Bonchev–Trinajstić information content (AvgIpc) is 3.03. The molecular weight excluding hydrogens is 582 g/mol. The summed E-state index contributed by atoms with van der Waals surface area (Å²) in [7, 11) is 0. The van der Waals surface area contributed by atoms with Crippen molar-refractivity contribution in [3.8, 4) is 5.75 Å². The molecule has 6 N–H and O–H groups in total. The SMILES string of the molecule is CC(=O)NC(CCCCNC(=O)C1Cc2ccccc2CN1C(=O)C(N)Cc1c(C)cc(O)cc1C)C(=O)NCc1ccccc1. The van der Waals surface area contributed by atoms with Crippen LogP contribution in [-0.4, -0.2) is 58.3 Å². The lowest BCUT2D eigenvalue weighted by molar-refractivity contribution is -0.142. The fourth-order valence-corrected chi connectivity index (χ4v) is 6.03. The van der Waals surface area contributed by atoms with Crippen LogP contribution in [0.3, 0.4) is 0 Å². The Morgan fingerprint density at radius 2 is 1.59 bits per heavy atom. The van der Waals surface area contributed by atoms with Crippen molar-refractivity contribution in [2.75, 3.05) is 6.54 Å². The monoisotopic (exact) mass is 627 g/mol. The zero-order valence-corrected chi connectivity index (χ0v) is 26.8. The number of nitrogens with one attached hydrogen (secondary N) is 3. The van der Waals surface area contributed by atoms with E-state index >= 15 is 0 Å². The molecule has 0 fully saturated rings. The molecule has 0 spiro atoms. The van der Waals surface area contributed by atoms with Crippen molar-refractivity contribution in [3.05, 3.63) is 100 Å². The van der Waals surface area contributed by atoms with E-state index in [-0.39, 0.29) is 42.3 Å². The lowest BCUT2D eigenvalue weighted by Gasteiger charge is -2.37. The number of phenols is 1. The van der Waals surface area contributed by atoms with Crippen molar-refractivity contribution < 1.29 is 24.3 Å². The number of fused-ring (bicyclic) bond motifs is 1. The molecule has 0 saturated heterocycles. The van der Waals surface area contributed by atoms with Crippen LogP contribution in [0.1, 0.15) is 59.6 Å². The number of nitrogens with two attached hydrogens (primary N) is 1. The highest BCUT2D eigenvalue weighted by Gasteiger charge is 2.36. The predicted molar refractivity (Wildman–Crippen MR) is 176 cm³/mol. The Bertz CT molecular complexity index is 1520. The van der Waals surface area contributed by atoms with Crippen molar-refractivity contribution >= 4 is 23.6 Å². The van der Waals surface area contributed by atoms with Crippen LogP contribution in [0.5, 0.6) is 5.75 Å². The van der Waals surface area contributed by atoms with Crippen molar-refractivity contribution in [1.29, 1.82) is 0 Å². The summed E-state index contributed by atoms with van der Waals surface area (Å²) in [6.45, 7) is 6.14. The molecule has 1 heterocycles. The Balaban J connectivity index is 1.34. The van der Waals surface area contributed by atoms with Gasteiger partial charge >= 0.3 is 0 Å². The fourth-order valence-electron chi connectivity index (χ4n) is 6.03. The third-order valence-corrected chi connectivity index (χ3v) is 8.48. The first-order chi connectivity index (χ1) is 22.0. The Labute approximate surface area is 270 Å². The molecule has 3 atom stereocenters. The number of hydrogen-bond donors (Lipinski definition) is 5. The number of carbonyl (C=O) groups excluding carboxylic acids is 4. The maximum Gasteiger partial charge on any atom is 0.243 e. The molecule has 10 nitrogen and oxygen atoms in total. The summed E-state index contributed by atoms with van der Waals surface area (Å²) in [5, 5.41) is 18.5. The minimum atomic E-state index is -0.860. The Morgan fingerprint density at radius 3 is 2.26 bits per heavy atom. The minimum Gasteiger partial charge on any atom is -0.508 e. The molecule has 46 heavy (non-hydrogen) atoms. The summed E-state index contributed by atoms with van der Waals surface area (Å²) in [6, 6.07) is 18.4. The van der Waals surface area contributed by atoms with Gasteiger partial charge in [0.05, 0.1) is 6.04 Å². The molecule has 1 aliphatic heterocycles. The molecular formula is C36H45N5O5. The summed E-state index contributed by atoms with van der Waals surface area (Å²) in [5.41, 5.74) is 12.1. The maximum absolute atomic E-state index is 13.8. The number of aryl methyl sites for hydroxylation is 2. The number of phenolic OH excluding ortho intramolecular Hbond substituents is 1. The smallest absolute Gasteiger partial charge is 0.243 e. The van der Waals surface area contributed by atoms with Crippen LogP contribution >= 0.6 is 0 Å². The quantitative estimate of drug-likeness (QED) is 0.184. The van der Waals surface area contributed by atoms with Crippen LogP contribution in [0.2, 0.25) is 0 Å². The van der Waals surface area contributed by atoms with Crippen molar-refractivity contribution in [2.45, 2.75) is 84.1 Å². The van der Waals surface area contributed by atoms with Crippen molar-refractivity contribution in [2.24, 2.45) is 5.73 Å². The van der Waals surface area contributed by atoms with Crippen molar-refractivity contribution in [1.82, 2.24) is 20.9 Å². The normalized spacial score (nSPS) is 15.3. The van der Waals surface area contributed by atoms with E-state index in [0.29, 0.717) is 38.8 Å². The highest BCUT2D eigenvalue weighted by molar-refractivity contribution is 5.91. The number of rotatable bonds is 13. The minimum absolute atomic E-state index is 0.167. The van der Waals surface area contributed by atoms with Gasteiger partial charge < -0.3 is 31.7 Å². The molecule has 4 rings (SSSR count). The van der Waals surface area contributed by atoms with Gasteiger partial charge in [0.2, 0.25) is 23.6 Å². The van der Waals surface area contributed by atoms with E-state index in [0.717, 1.165) is 33.4 Å². The number of carbonyl (C=O) groups is 4. The van der Waals surface area contributed by atoms with Gasteiger partial charge in [0.25, 0.3) is 0 Å². The Hall–Kier alpha value is -4.70. The first-order valence-corrected chi connectivity index (χ1v) is 15.8. The van der Waals surface area contributed by atoms with Crippen LogP contribution in [0.25, 0.3) is 0 Å². The number of aromatic hydroxyl groups is 1. The topological polar surface area (TPSA) is 154 Å². The van der Waals surface area contributed by atoms with Gasteiger partial charge in [-0.25, -0.2) is 0 Å². The standard InChI is InChI=1S/C36H45N5O5/c1-23-17-29(43)18-24(2)30(23)20-31(37)36(46)41-22-28-14-8-7-13-27(28)19-33(41)35(45)38-16-10-9-15-32(40-25(3)42)34(44)39-21-26-11-5-4-6-12-26/h4-8,11-14,17-18,31-33,43H,9-10,15-16,19-22,37H2,1-3H3,(H,38,45)(H,39,44)(H,40,42). The van der Waals surface area contributed by atoms with Gasteiger partial charge in [0.1, 0.15) is 17.8 Å². The molecule has 4 amide bonds. The van der Waals surface area contributed by atoms with Crippen LogP contribution in [0.15, 0.2) is 66.7 Å². The second-order valence-electron chi connectivity index (χ2n) is 12.1. The summed E-state index contributed by atoms with van der Waals surface area (Å²) in [5.74, 6) is -0.941. The zero-order chi connectivity index (χ0) is 33.2.